The number of nitrogens with zero attached hydrogens (tertiary/aromatic N) is 1. The third-order valence-corrected chi connectivity index (χ3v) is 3.51. The van der Waals surface area contributed by atoms with Gasteiger partial charge in [-0.15, -0.1) is 0 Å². The molecule has 1 heterocycles. The fourth-order valence-electron chi connectivity index (χ4n) is 2.13. The molecular weight excluding hydrogens is 282 g/mol. The number of hydrogen-bond donors (Lipinski definition) is 1. The van der Waals surface area contributed by atoms with Gasteiger partial charge in [0.25, 0.3) is 0 Å². The van der Waals surface area contributed by atoms with Crippen molar-refractivity contribution in [2.75, 3.05) is 0 Å². The highest BCUT2D eigenvalue weighted by Gasteiger charge is 2.09. The fraction of sp³-hybridized carbons (Fsp3) is 0.308. The summed E-state index contributed by atoms with van der Waals surface area (Å²) in [4.78, 5) is 10.5. The van der Waals surface area contributed by atoms with Gasteiger partial charge in [-0.25, -0.2) is 0 Å². The molecule has 2 aromatic rings. The second kappa shape index (κ2) is 4.92. The Morgan fingerprint density at radius 3 is 2.94 bits per heavy atom. The fourth-order valence-corrected chi connectivity index (χ4v) is 2.78. The molecule has 0 aliphatic carbocycles. The van der Waals surface area contributed by atoms with Crippen LogP contribution in [0.4, 0.5) is 0 Å². The first kappa shape index (κ1) is 12.2. The molecule has 0 atom stereocenters. The summed E-state index contributed by atoms with van der Waals surface area (Å²) in [6, 6.07) is 6.10. The number of halogens is 1. The van der Waals surface area contributed by atoms with Gasteiger partial charge >= 0.3 is 5.97 Å². The summed E-state index contributed by atoms with van der Waals surface area (Å²) in [6.07, 6.45) is 3.79. The molecule has 1 aromatic heterocycles. The van der Waals surface area contributed by atoms with Gasteiger partial charge in [0.15, 0.2) is 0 Å². The van der Waals surface area contributed by atoms with Crippen LogP contribution in [0.1, 0.15) is 18.4 Å². The highest BCUT2D eigenvalue weighted by molar-refractivity contribution is 9.10. The average Bonchev–Trinajstić information content (AvgIpc) is 2.57. The van der Waals surface area contributed by atoms with Crippen molar-refractivity contribution in [2.45, 2.75) is 19.3 Å². The predicted molar refractivity (Wildman–Crippen MR) is 71.2 cm³/mol. The zero-order valence-electron chi connectivity index (χ0n) is 9.61. The van der Waals surface area contributed by atoms with Crippen molar-refractivity contribution in [3.05, 3.63) is 34.4 Å². The van der Waals surface area contributed by atoms with Crippen LogP contribution < -0.4 is 0 Å². The number of aryl methyl sites for hydroxylation is 2. The molecule has 1 aromatic carbocycles. The summed E-state index contributed by atoms with van der Waals surface area (Å²) in [6.45, 7) is 0. The Morgan fingerprint density at radius 1 is 1.47 bits per heavy atom. The van der Waals surface area contributed by atoms with Crippen molar-refractivity contribution >= 4 is 32.8 Å². The van der Waals surface area contributed by atoms with E-state index in [1.807, 2.05) is 19.2 Å². The number of hydrogen-bond acceptors (Lipinski definition) is 1. The summed E-state index contributed by atoms with van der Waals surface area (Å²) in [7, 11) is 2.01. The van der Waals surface area contributed by atoms with Crippen LogP contribution in [-0.2, 0) is 18.3 Å². The van der Waals surface area contributed by atoms with E-state index in [1.165, 1.54) is 10.9 Å². The van der Waals surface area contributed by atoms with Crippen molar-refractivity contribution < 1.29 is 9.90 Å². The number of benzene rings is 1. The van der Waals surface area contributed by atoms with E-state index in [4.69, 9.17) is 5.11 Å². The van der Waals surface area contributed by atoms with E-state index in [-0.39, 0.29) is 6.42 Å². The van der Waals surface area contributed by atoms with Gasteiger partial charge in [0.2, 0.25) is 0 Å². The molecule has 0 fully saturated rings. The largest absolute Gasteiger partial charge is 0.481 e. The summed E-state index contributed by atoms with van der Waals surface area (Å²) >= 11 is 3.54. The van der Waals surface area contributed by atoms with E-state index in [9.17, 15) is 4.79 Å². The lowest BCUT2D eigenvalue weighted by Crippen LogP contribution is -1.95. The number of carboxylic acid groups (broad SMARTS) is 1. The molecule has 17 heavy (non-hydrogen) atoms. The van der Waals surface area contributed by atoms with Gasteiger partial charge in [0, 0.05) is 29.5 Å². The molecule has 4 heteroatoms. The normalized spacial score (nSPS) is 10.9. The van der Waals surface area contributed by atoms with Gasteiger partial charge in [0.05, 0.1) is 5.52 Å². The van der Waals surface area contributed by atoms with Crippen molar-refractivity contribution in [3.63, 3.8) is 0 Å². The maximum absolute atomic E-state index is 10.5. The molecule has 3 nitrogen and oxygen atoms in total. The number of para-hydroxylation sites is 1. The lowest BCUT2D eigenvalue weighted by atomic mass is 10.1. The van der Waals surface area contributed by atoms with Crippen LogP contribution >= 0.6 is 15.9 Å². The number of fused-ring (bicyclic) bond motifs is 1. The van der Waals surface area contributed by atoms with Gasteiger partial charge in [0.1, 0.15) is 0 Å². The molecule has 1 N–H and O–H groups in total. The molecule has 0 unspecified atom stereocenters. The van der Waals surface area contributed by atoms with Gasteiger partial charge in [-0.05, 0) is 40.4 Å². The molecule has 0 saturated heterocycles. The SMILES string of the molecule is Cn1cc(CCCC(=O)O)c2cccc(Br)c21. The van der Waals surface area contributed by atoms with E-state index in [1.54, 1.807) is 0 Å². The molecule has 90 valence electrons. The Morgan fingerprint density at radius 2 is 2.24 bits per heavy atom. The first-order valence-electron chi connectivity index (χ1n) is 5.54. The maximum atomic E-state index is 10.5. The summed E-state index contributed by atoms with van der Waals surface area (Å²) < 4.78 is 3.15. The third-order valence-electron chi connectivity index (χ3n) is 2.87. The second-order valence-electron chi connectivity index (χ2n) is 4.15. The zero-order chi connectivity index (χ0) is 12.4. The van der Waals surface area contributed by atoms with Crippen molar-refractivity contribution in [1.82, 2.24) is 4.57 Å². The van der Waals surface area contributed by atoms with Gasteiger partial charge in [-0.1, -0.05) is 12.1 Å². The van der Waals surface area contributed by atoms with E-state index >= 15 is 0 Å². The Labute approximate surface area is 108 Å². The molecule has 0 aliphatic heterocycles. The minimum Gasteiger partial charge on any atom is -0.481 e. The lowest BCUT2D eigenvalue weighted by Gasteiger charge is -1.99. The highest BCUT2D eigenvalue weighted by atomic mass is 79.9. The Balaban J connectivity index is 2.29. The third kappa shape index (κ3) is 2.52. The van der Waals surface area contributed by atoms with E-state index in [2.05, 4.69) is 32.8 Å². The van der Waals surface area contributed by atoms with Crippen LogP contribution in [0.25, 0.3) is 10.9 Å². The van der Waals surface area contributed by atoms with Gasteiger partial charge in [-0.3, -0.25) is 4.79 Å². The van der Waals surface area contributed by atoms with Crippen LogP contribution in [0.15, 0.2) is 28.9 Å². The van der Waals surface area contributed by atoms with E-state index in [0.29, 0.717) is 6.42 Å². The maximum Gasteiger partial charge on any atom is 0.303 e. The molecule has 0 amide bonds. The smallest absolute Gasteiger partial charge is 0.303 e. The number of carboxylic acids is 1. The standard InChI is InChI=1S/C13H14BrNO2/c1-15-8-9(4-2-7-12(16)17)10-5-3-6-11(14)13(10)15/h3,5-6,8H,2,4,7H2,1H3,(H,16,17). The number of aromatic nitrogens is 1. The summed E-state index contributed by atoms with van der Waals surface area (Å²) in [5.74, 6) is -0.730. The van der Waals surface area contributed by atoms with Crippen LogP contribution in [0, 0.1) is 0 Å². The summed E-state index contributed by atoms with van der Waals surface area (Å²) in [5, 5.41) is 9.84. The monoisotopic (exact) mass is 295 g/mol. The van der Waals surface area contributed by atoms with Gasteiger partial charge < -0.3 is 9.67 Å². The molecule has 0 bridgehead atoms. The quantitative estimate of drug-likeness (QED) is 0.940. The topological polar surface area (TPSA) is 42.2 Å². The first-order chi connectivity index (χ1) is 8.09. The Hall–Kier alpha value is -1.29. The number of aliphatic carboxylic acids is 1. The van der Waals surface area contributed by atoms with Crippen molar-refractivity contribution in [3.8, 4) is 0 Å². The molecule has 0 saturated carbocycles. The van der Waals surface area contributed by atoms with Crippen LogP contribution in [-0.4, -0.2) is 15.6 Å². The van der Waals surface area contributed by atoms with Crippen LogP contribution in [0.5, 0.6) is 0 Å². The van der Waals surface area contributed by atoms with E-state index in [0.717, 1.165) is 16.4 Å². The lowest BCUT2D eigenvalue weighted by molar-refractivity contribution is -0.137. The molecule has 0 spiro atoms. The zero-order valence-corrected chi connectivity index (χ0v) is 11.2. The minimum absolute atomic E-state index is 0.227. The Kier molecular flexibility index (Phi) is 3.52. The van der Waals surface area contributed by atoms with Crippen molar-refractivity contribution in [1.29, 1.82) is 0 Å². The highest BCUT2D eigenvalue weighted by Crippen LogP contribution is 2.28. The molecule has 0 aliphatic rings. The first-order valence-corrected chi connectivity index (χ1v) is 6.33. The molecule has 2 rings (SSSR count). The number of rotatable bonds is 4. The van der Waals surface area contributed by atoms with Gasteiger partial charge in [-0.2, -0.15) is 0 Å². The van der Waals surface area contributed by atoms with Crippen LogP contribution in [0.2, 0.25) is 0 Å². The predicted octanol–water partition coefficient (Wildman–Crippen LogP) is 3.35. The Bertz CT molecular complexity index is 560. The summed E-state index contributed by atoms with van der Waals surface area (Å²) in [5.41, 5.74) is 2.38. The van der Waals surface area contributed by atoms with Crippen LogP contribution in [0.3, 0.4) is 0 Å². The van der Waals surface area contributed by atoms with Crippen molar-refractivity contribution in [2.24, 2.45) is 7.05 Å². The average molecular weight is 296 g/mol. The molecule has 0 radical (unpaired) electrons. The van der Waals surface area contributed by atoms with E-state index < -0.39 is 5.97 Å². The second-order valence-corrected chi connectivity index (χ2v) is 5.00. The minimum atomic E-state index is -0.730. The molecular formula is C13H14BrNO2. The number of carbonyl (C=O) groups is 1.